The number of benzene rings is 2. The Balaban J connectivity index is 1.24. The number of likely N-dealkylation sites (tertiary alicyclic amines) is 1. The summed E-state index contributed by atoms with van der Waals surface area (Å²) in [5, 5.41) is 0. The molecule has 0 saturated carbocycles. The molecule has 1 saturated heterocycles. The molecule has 170 valence electrons. The molecule has 1 amide bonds. The van der Waals surface area contributed by atoms with E-state index in [1.807, 2.05) is 12.1 Å². The minimum absolute atomic E-state index is 0.0113. The first-order valence-corrected chi connectivity index (χ1v) is 12.9. The number of hydrogen-bond donors (Lipinski definition) is 1. The van der Waals surface area contributed by atoms with Gasteiger partial charge in [-0.25, -0.2) is 13.1 Å². The first-order valence-electron chi connectivity index (χ1n) is 11.4. The molecular weight excluding hydrogens is 424 g/mol. The first-order chi connectivity index (χ1) is 15.4. The molecule has 6 nitrogen and oxygen atoms in total. The standard InChI is InChI=1S/C25H30N2O4S/c28-24(21-11-10-19-6-4-5-7-20(19)18-21)12-13-25(29)27-16-14-22(15-17-27)26-32(30,31)23-8-2-1-3-9-23/h1-3,8-11,18,22,26H,4-7,12-17H2. The summed E-state index contributed by atoms with van der Waals surface area (Å²) in [5.74, 6) is -0.0297. The number of amides is 1. The van der Waals surface area contributed by atoms with Crippen molar-refractivity contribution in [1.29, 1.82) is 0 Å². The number of aryl methyl sites for hydroxylation is 2. The normalized spacial score (nSPS) is 17.1. The minimum atomic E-state index is -3.55. The van der Waals surface area contributed by atoms with Gasteiger partial charge in [0.25, 0.3) is 0 Å². The maximum Gasteiger partial charge on any atom is 0.240 e. The second-order valence-corrected chi connectivity index (χ2v) is 10.4. The minimum Gasteiger partial charge on any atom is -0.343 e. The van der Waals surface area contributed by atoms with Gasteiger partial charge in [-0.1, -0.05) is 30.3 Å². The van der Waals surface area contributed by atoms with Crippen molar-refractivity contribution in [2.75, 3.05) is 13.1 Å². The van der Waals surface area contributed by atoms with Crippen LogP contribution in [0.5, 0.6) is 0 Å². The van der Waals surface area contributed by atoms with E-state index in [0.717, 1.165) is 12.8 Å². The third-order valence-corrected chi connectivity index (χ3v) is 8.00. The summed E-state index contributed by atoms with van der Waals surface area (Å²) in [4.78, 5) is 27.2. The Morgan fingerprint density at radius 3 is 2.31 bits per heavy atom. The topological polar surface area (TPSA) is 83.6 Å². The van der Waals surface area contributed by atoms with Gasteiger partial charge < -0.3 is 4.90 Å². The monoisotopic (exact) mass is 454 g/mol. The van der Waals surface area contributed by atoms with Gasteiger partial charge in [0.2, 0.25) is 15.9 Å². The zero-order valence-electron chi connectivity index (χ0n) is 18.3. The lowest BCUT2D eigenvalue weighted by molar-refractivity contribution is -0.132. The number of nitrogens with zero attached hydrogens (tertiary/aromatic N) is 1. The Morgan fingerprint density at radius 1 is 0.906 bits per heavy atom. The van der Waals surface area contributed by atoms with Gasteiger partial charge >= 0.3 is 0 Å². The van der Waals surface area contributed by atoms with Crippen LogP contribution >= 0.6 is 0 Å². The number of rotatable bonds is 7. The summed E-state index contributed by atoms with van der Waals surface area (Å²) >= 11 is 0. The maximum atomic E-state index is 12.6. The van der Waals surface area contributed by atoms with Gasteiger partial charge in [-0.15, -0.1) is 0 Å². The van der Waals surface area contributed by atoms with Crippen LogP contribution in [-0.2, 0) is 27.7 Å². The van der Waals surface area contributed by atoms with Crippen molar-refractivity contribution in [2.45, 2.75) is 62.3 Å². The number of Topliss-reactive ketones (excluding diaryl/α,β-unsaturated/α-hetero) is 1. The predicted octanol–water partition coefficient (Wildman–Crippen LogP) is 3.50. The molecule has 7 heteroatoms. The average molecular weight is 455 g/mol. The molecule has 2 aromatic carbocycles. The molecule has 0 spiro atoms. The highest BCUT2D eigenvalue weighted by molar-refractivity contribution is 7.89. The third kappa shape index (κ3) is 5.45. The number of ketones is 1. The summed E-state index contributed by atoms with van der Waals surface area (Å²) < 4.78 is 27.7. The second kappa shape index (κ2) is 9.96. The molecule has 1 N–H and O–H groups in total. The fraction of sp³-hybridized carbons (Fsp3) is 0.440. The van der Waals surface area contributed by atoms with E-state index in [-0.39, 0.29) is 35.5 Å². The van der Waals surface area contributed by atoms with Crippen molar-refractivity contribution in [3.05, 3.63) is 65.2 Å². The van der Waals surface area contributed by atoms with E-state index < -0.39 is 10.0 Å². The van der Waals surface area contributed by atoms with Crippen LogP contribution in [0.25, 0.3) is 0 Å². The molecule has 32 heavy (non-hydrogen) atoms. The highest BCUT2D eigenvalue weighted by Crippen LogP contribution is 2.23. The predicted molar refractivity (Wildman–Crippen MR) is 123 cm³/mol. The Bertz CT molecular complexity index is 1070. The molecule has 2 aliphatic rings. The van der Waals surface area contributed by atoms with Crippen molar-refractivity contribution in [3.8, 4) is 0 Å². The quantitative estimate of drug-likeness (QED) is 0.649. The highest BCUT2D eigenvalue weighted by atomic mass is 32.2. The Morgan fingerprint density at radius 2 is 1.59 bits per heavy atom. The van der Waals surface area contributed by atoms with Gasteiger partial charge in [0.1, 0.15) is 0 Å². The fourth-order valence-electron chi connectivity index (χ4n) is 4.56. The molecule has 0 bridgehead atoms. The lowest BCUT2D eigenvalue weighted by atomic mass is 9.89. The van der Waals surface area contributed by atoms with Crippen molar-refractivity contribution in [2.24, 2.45) is 0 Å². The summed E-state index contributed by atoms with van der Waals surface area (Å²) in [6.45, 7) is 0.988. The zero-order valence-corrected chi connectivity index (χ0v) is 19.1. The van der Waals surface area contributed by atoms with Gasteiger partial charge in [-0.2, -0.15) is 0 Å². The van der Waals surface area contributed by atoms with E-state index in [4.69, 9.17) is 0 Å². The molecule has 0 aromatic heterocycles. The first kappa shape index (κ1) is 22.7. The van der Waals surface area contributed by atoms with Crippen molar-refractivity contribution >= 4 is 21.7 Å². The molecule has 1 fully saturated rings. The SMILES string of the molecule is O=C(CCC(=O)N1CCC(NS(=O)(=O)c2ccccc2)CC1)c1ccc2c(c1)CCCC2. The van der Waals surface area contributed by atoms with E-state index >= 15 is 0 Å². The zero-order chi connectivity index (χ0) is 22.6. The highest BCUT2D eigenvalue weighted by Gasteiger charge is 2.27. The summed E-state index contributed by atoms with van der Waals surface area (Å²) in [6, 6.07) is 14.1. The number of carbonyl (C=O) groups excluding carboxylic acids is 2. The molecule has 1 aliphatic heterocycles. The van der Waals surface area contributed by atoms with Crippen molar-refractivity contribution in [1.82, 2.24) is 9.62 Å². The Labute approximate surface area is 190 Å². The number of sulfonamides is 1. The molecule has 0 radical (unpaired) electrons. The Hall–Kier alpha value is -2.51. The van der Waals surface area contributed by atoms with Gasteiger partial charge in [0.05, 0.1) is 4.90 Å². The molecule has 0 atom stereocenters. The number of piperidine rings is 1. The van der Waals surface area contributed by atoms with Crippen LogP contribution in [0, 0.1) is 0 Å². The van der Waals surface area contributed by atoms with Crippen LogP contribution in [-0.4, -0.2) is 44.1 Å². The van der Waals surface area contributed by atoms with Gasteiger partial charge in [-0.3, -0.25) is 9.59 Å². The van der Waals surface area contributed by atoms with E-state index in [0.29, 0.717) is 31.5 Å². The number of carbonyl (C=O) groups is 2. The lowest BCUT2D eigenvalue weighted by Gasteiger charge is -2.32. The van der Waals surface area contributed by atoms with Crippen LogP contribution in [0.15, 0.2) is 53.4 Å². The van der Waals surface area contributed by atoms with Gasteiger partial charge in [0, 0.05) is 37.5 Å². The molecule has 0 unspecified atom stereocenters. The average Bonchev–Trinajstić information content (AvgIpc) is 2.83. The van der Waals surface area contributed by atoms with Crippen LogP contribution in [0.1, 0.15) is 60.0 Å². The summed E-state index contributed by atoms with van der Waals surface area (Å²) in [5.41, 5.74) is 3.32. The number of fused-ring (bicyclic) bond motifs is 1. The van der Waals surface area contributed by atoms with E-state index in [9.17, 15) is 18.0 Å². The Kier molecular flexibility index (Phi) is 7.06. The van der Waals surface area contributed by atoms with Crippen LogP contribution in [0.4, 0.5) is 0 Å². The second-order valence-electron chi connectivity index (χ2n) is 8.70. The molecule has 1 heterocycles. The smallest absolute Gasteiger partial charge is 0.240 e. The summed E-state index contributed by atoms with van der Waals surface area (Å²) in [7, 11) is -3.55. The van der Waals surface area contributed by atoms with Gasteiger partial charge in [0.15, 0.2) is 5.78 Å². The van der Waals surface area contributed by atoms with Crippen LogP contribution < -0.4 is 4.72 Å². The van der Waals surface area contributed by atoms with E-state index in [2.05, 4.69) is 10.8 Å². The van der Waals surface area contributed by atoms with Crippen LogP contribution in [0.2, 0.25) is 0 Å². The third-order valence-electron chi connectivity index (χ3n) is 6.46. The molecule has 2 aromatic rings. The maximum absolute atomic E-state index is 12.6. The van der Waals surface area contributed by atoms with E-state index in [1.165, 1.54) is 24.0 Å². The molecule has 1 aliphatic carbocycles. The fourth-order valence-corrected chi connectivity index (χ4v) is 5.89. The van der Waals surface area contributed by atoms with Crippen LogP contribution in [0.3, 0.4) is 0 Å². The van der Waals surface area contributed by atoms with Crippen molar-refractivity contribution < 1.29 is 18.0 Å². The molecular formula is C25H30N2O4S. The molecule has 4 rings (SSSR count). The van der Waals surface area contributed by atoms with E-state index in [1.54, 1.807) is 35.2 Å². The number of nitrogens with one attached hydrogen (secondary N) is 1. The largest absolute Gasteiger partial charge is 0.343 e. The van der Waals surface area contributed by atoms with Gasteiger partial charge in [-0.05, 0) is 67.9 Å². The van der Waals surface area contributed by atoms with Crippen molar-refractivity contribution in [3.63, 3.8) is 0 Å². The lowest BCUT2D eigenvalue weighted by Crippen LogP contribution is -2.46. The summed E-state index contributed by atoms with van der Waals surface area (Å²) in [6.07, 6.45) is 6.01. The number of hydrogen-bond acceptors (Lipinski definition) is 4.